The zero-order valence-corrected chi connectivity index (χ0v) is 21.8. The number of aliphatic imine (C=N–C) groups is 1. The number of ether oxygens (including phenoxy) is 1. The molecule has 0 atom stereocenters. The van der Waals surface area contributed by atoms with Gasteiger partial charge in [-0.1, -0.05) is 24.3 Å². The van der Waals surface area contributed by atoms with E-state index in [4.69, 9.17) is 15.6 Å². The second kappa shape index (κ2) is 12.4. The Kier molecular flexibility index (Phi) is 10.2. The fourth-order valence-corrected chi connectivity index (χ4v) is 4.55. The standard InChI is InChI=1S/C24H29N5O3S.2ClH/c1-27-24(25)19-5-4-18-3-2-17(14-20(18)15-19)16-29-12-10-23(11-13-29)32-22-8-6-21(7-9-22)28-33(26,30)31;;/h2-9,14-15,23,28H,10-13,16H2,1H3,(H2,25,27)(H2,26,30,31);2*1H. The topological polar surface area (TPSA) is 123 Å². The van der Waals surface area contributed by atoms with Gasteiger partial charge in [-0.05, 0) is 65.6 Å². The first-order valence-corrected chi connectivity index (χ1v) is 12.4. The van der Waals surface area contributed by atoms with Gasteiger partial charge in [0.25, 0.3) is 10.2 Å². The molecule has 1 aliphatic rings. The van der Waals surface area contributed by atoms with Crippen LogP contribution in [0.3, 0.4) is 0 Å². The average molecular weight is 541 g/mol. The minimum Gasteiger partial charge on any atom is -0.490 e. The number of amidine groups is 1. The molecule has 4 rings (SSSR count). The van der Waals surface area contributed by atoms with E-state index in [1.54, 1.807) is 31.3 Å². The third-order valence-corrected chi connectivity index (χ3v) is 6.32. The van der Waals surface area contributed by atoms with Crippen molar-refractivity contribution in [1.82, 2.24) is 4.90 Å². The molecule has 190 valence electrons. The summed E-state index contributed by atoms with van der Waals surface area (Å²) in [5.41, 5.74) is 8.59. The summed E-state index contributed by atoms with van der Waals surface area (Å²) in [7, 11) is -2.08. The predicted molar refractivity (Wildman–Crippen MR) is 147 cm³/mol. The number of nitrogens with zero attached hydrogens (tertiary/aromatic N) is 2. The number of anilines is 1. The predicted octanol–water partition coefficient (Wildman–Crippen LogP) is 3.68. The highest BCUT2D eigenvalue weighted by Crippen LogP contribution is 2.23. The van der Waals surface area contributed by atoms with Crippen molar-refractivity contribution in [3.8, 4) is 5.75 Å². The van der Waals surface area contributed by atoms with Crippen molar-refractivity contribution in [2.24, 2.45) is 15.9 Å². The van der Waals surface area contributed by atoms with Crippen molar-refractivity contribution in [2.45, 2.75) is 25.5 Å². The fraction of sp³-hybridized carbons (Fsp3) is 0.292. The lowest BCUT2D eigenvalue weighted by atomic mass is 10.0. The van der Waals surface area contributed by atoms with Crippen LogP contribution in [0.5, 0.6) is 5.75 Å². The summed E-state index contributed by atoms with van der Waals surface area (Å²) in [5.74, 6) is 1.26. The van der Waals surface area contributed by atoms with Crippen molar-refractivity contribution >= 4 is 57.3 Å². The molecule has 1 heterocycles. The summed E-state index contributed by atoms with van der Waals surface area (Å²) in [6.45, 7) is 2.78. The van der Waals surface area contributed by atoms with Crippen LogP contribution >= 0.6 is 24.8 Å². The molecule has 35 heavy (non-hydrogen) atoms. The Morgan fingerprint density at radius 1 is 1.03 bits per heavy atom. The molecular formula is C24H31Cl2N5O3S. The van der Waals surface area contributed by atoms with Gasteiger partial charge in [0, 0.05) is 37.9 Å². The van der Waals surface area contributed by atoms with Gasteiger partial charge in [0.05, 0.1) is 0 Å². The quantitative estimate of drug-likeness (QED) is 0.312. The fourth-order valence-electron chi connectivity index (χ4n) is 4.08. The number of fused-ring (bicyclic) bond motifs is 1. The monoisotopic (exact) mass is 539 g/mol. The van der Waals surface area contributed by atoms with Crippen molar-refractivity contribution in [2.75, 3.05) is 24.9 Å². The van der Waals surface area contributed by atoms with Crippen molar-refractivity contribution in [3.63, 3.8) is 0 Å². The number of hydrogen-bond acceptors (Lipinski definition) is 5. The van der Waals surface area contributed by atoms with Crippen molar-refractivity contribution < 1.29 is 13.2 Å². The van der Waals surface area contributed by atoms with Crippen LogP contribution in [0.2, 0.25) is 0 Å². The smallest absolute Gasteiger partial charge is 0.296 e. The van der Waals surface area contributed by atoms with Gasteiger partial charge in [-0.3, -0.25) is 14.6 Å². The van der Waals surface area contributed by atoms with Crippen LogP contribution in [0.4, 0.5) is 5.69 Å². The van der Waals surface area contributed by atoms with Crippen molar-refractivity contribution in [1.29, 1.82) is 0 Å². The zero-order valence-electron chi connectivity index (χ0n) is 19.4. The number of nitrogens with two attached hydrogens (primary N) is 2. The number of piperidine rings is 1. The molecule has 1 saturated heterocycles. The molecule has 0 aliphatic carbocycles. The van der Waals surface area contributed by atoms with Crippen LogP contribution in [0.1, 0.15) is 24.0 Å². The van der Waals surface area contributed by atoms with Crippen LogP contribution < -0.4 is 20.3 Å². The SMILES string of the molecule is CN=C(N)c1ccc2ccc(CN3CCC(Oc4ccc(NS(N)(=O)=O)cc4)CC3)cc2c1.Cl.Cl. The summed E-state index contributed by atoms with van der Waals surface area (Å²) in [5, 5.41) is 7.34. The Labute approximate surface area is 218 Å². The van der Waals surface area contributed by atoms with E-state index in [2.05, 4.69) is 44.9 Å². The summed E-state index contributed by atoms with van der Waals surface area (Å²) in [4.78, 5) is 6.52. The molecule has 3 aromatic carbocycles. The average Bonchev–Trinajstić information content (AvgIpc) is 2.79. The molecule has 1 aliphatic heterocycles. The molecule has 0 bridgehead atoms. The lowest BCUT2D eigenvalue weighted by Crippen LogP contribution is -2.37. The number of hydrogen-bond donors (Lipinski definition) is 3. The van der Waals surface area contributed by atoms with E-state index in [0.717, 1.165) is 43.4 Å². The van der Waals surface area contributed by atoms with Crippen molar-refractivity contribution in [3.05, 3.63) is 71.8 Å². The molecule has 5 N–H and O–H groups in total. The van der Waals surface area contributed by atoms with Gasteiger partial charge in [0.2, 0.25) is 0 Å². The van der Waals surface area contributed by atoms with E-state index in [-0.39, 0.29) is 30.9 Å². The Bertz CT molecular complexity index is 1260. The first-order valence-electron chi connectivity index (χ1n) is 10.8. The van der Waals surface area contributed by atoms with E-state index < -0.39 is 10.2 Å². The first kappa shape index (κ1) is 28.7. The van der Waals surface area contributed by atoms with Crippen LogP contribution in [0, 0.1) is 0 Å². The Balaban J connectivity index is 0.00000216. The summed E-state index contributed by atoms with van der Waals surface area (Å²) in [6, 6.07) is 19.5. The molecule has 0 unspecified atom stereocenters. The molecule has 3 aromatic rings. The highest BCUT2D eigenvalue weighted by Gasteiger charge is 2.21. The molecule has 0 spiro atoms. The Hall–Kier alpha value is -2.56. The van der Waals surface area contributed by atoms with Gasteiger partial charge in [0.1, 0.15) is 17.7 Å². The lowest BCUT2D eigenvalue weighted by Gasteiger charge is -2.32. The van der Waals surface area contributed by atoms with Gasteiger partial charge in [0.15, 0.2) is 0 Å². The van der Waals surface area contributed by atoms with Crippen LogP contribution in [0.15, 0.2) is 65.7 Å². The van der Waals surface area contributed by atoms with E-state index in [1.165, 1.54) is 10.9 Å². The van der Waals surface area contributed by atoms with E-state index in [9.17, 15) is 8.42 Å². The third-order valence-electron chi connectivity index (χ3n) is 5.80. The molecule has 0 aromatic heterocycles. The summed E-state index contributed by atoms with van der Waals surface area (Å²) < 4.78 is 30.5. The molecule has 0 saturated carbocycles. The molecule has 0 amide bonds. The zero-order chi connectivity index (χ0) is 23.4. The molecular weight excluding hydrogens is 509 g/mol. The maximum absolute atomic E-state index is 11.1. The minimum absolute atomic E-state index is 0. The second-order valence-electron chi connectivity index (χ2n) is 8.27. The second-order valence-corrected chi connectivity index (χ2v) is 9.56. The molecule has 8 nitrogen and oxygen atoms in total. The van der Waals surface area contributed by atoms with Gasteiger partial charge in [-0.15, -0.1) is 24.8 Å². The first-order chi connectivity index (χ1) is 15.8. The molecule has 11 heteroatoms. The maximum Gasteiger partial charge on any atom is 0.296 e. The normalized spacial score (nSPS) is 15.2. The van der Waals surface area contributed by atoms with E-state index in [0.29, 0.717) is 17.3 Å². The molecule has 1 fully saturated rings. The Morgan fingerprint density at radius 2 is 1.69 bits per heavy atom. The minimum atomic E-state index is -3.78. The number of likely N-dealkylation sites (tertiary alicyclic amines) is 1. The molecule has 0 radical (unpaired) electrons. The maximum atomic E-state index is 11.1. The number of benzene rings is 3. The highest BCUT2D eigenvalue weighted by atomic mass is 35.5. The van der Waals surface area contributed by atoms with Crippen LogP contribution in [-0.4, -0.2) is 45.4 Å². The van der Waals surface area contributed by atoms with Gasteiger partial charge in [-0.2, -0.15) is 8.42 Å². The highest BCUT2D eigenvalue weighted by molar-refractivity contribution is 7.90. The van der Waals surface area contributed by atoms with E-state index in [1.807, 2.05) is 6.07 Å². The number of halogens is 2. The van der Waals surface area contributed by atoms with Gasteiger partial charge in [-0.25, -0.2) is 5.14 Å². The van der Waals surface area contributed by atoms with Gasteiger partial charge >= 0.3 is 0 Å². The largest absolute Gasteiger partial charge is 0.490 e. The Morgan fingerprint density at radius 3 is 2.31 bits per heavy atom. The summed E-state index contributed by atoms with van der Waals surface area (Å²) >= 11 is 0. The number of rotatable bonds is 7. The summed E-state index contributed by atoms with van der Waals surface area (Å²) in [6.07, 6.45) is 1.99. The third kappa shape index (κ3) is 7.98. The lowest BCUT2D eigenvalue weighted by molar-refractivity contribution is 0.0968. The van der Waals surface area contributed by atoms with Crippen LogP contribution in [-0.2, 0) is 16.8 Å². The van der Waals surface area contributed by atoms with Crippen LogP contribution in [0.25, 0.3) is 10.8 Å². The number of nitrogens with one attached hydrogen (secondary N) is 1. The van der Waals surface area contributed by atoms with E-state index >= 15 is 0 Å². The van der Waals surface area contributed by atoms with Gasteiger partial charge < -0.3 is 10.5 Å².